The van der Waals surface area contributed by atoms with Crippen LogP contribution in [0.5, 0.6) is 0 Å². The van der Waals surface area contributed by atoms with E-state index in [-0.39, 0.29) is 0 Å². The molecule has 14 heavy (non-hydrogen) atoms. The van der Waals surface area contributed by atoms with E-state index in [0.717, 1.165) is 38.0 Å². The van der Waals surface area contributed by atoms with E-state index >= 15 is 0 Å². The molecule has 1 N–H and O–H groups in total. The highest BCUT2D eigenvalue weighted by Gasteiger charge is 2.32. The van der Waals surface area contributed by atoms with E-state index in [0.29, 0.717) is 5.92 Å². The average Bonchev–Trinajstić information content (AvgIpc) is 2.08. The van der Waals surface area contributed by atoms with Gasteiger partial charge >= 0.3 is 0 Å². The summed E-state index contributed by atoms with van der Waals surface area (Å²) in [6, 6.07) is 0. The standard InChI is InChI=1S/C12H23NO/c1-10(2)9-13-7-5-12(14,6-8-13)11(3)4/h10,14H,3,5-9H2,1-2,4H3. The predicted molar refractivity (Wildman–Crippen MR) is 60.3 cm³/mol. The second kappa shape index (κ2) is 4.45. The highest BCUT2D eigenvalue weighted by atomic mass is 16.3. The number of nitrogens with zero attached hydrogens (tertiary/aromatic N) is 1. The van der Waals surface area contributed by atoms with Gasteiger partial charge in [-0.05, 0) is 31.3 Å². The number of piperidine rings is 1. The molecule has 2 nitrogen and oxygen atoms in total. The molecule has 1 rings (SSSR count). The lowest BCUT2D eigenvalue weighted by atomic mass is 9.85. The molecule has 2 heteroatoms. The monoisotopic (exact) mass is 197 g/mol. The minimum Gasteiger partial charge on any atom is -0.385 e. The molecule has 1 heterocycles. The maximum absolute atomic E-state index is 10.2. The molecule has 1 aliphatic heterocycles. The Balaban J connectivity index is 2.42. The van der Waals surface area contributed by atoms with E-state index in [1.54, 1.807) is 0 Å². The van der Waals surface area contributed by atoms with Crippen molar-refractivity contribution in [2.45, 2.75) is 39.2 Å². The molecule has 1 aliphatic rings. The lowest BCUT2D eigenvalue weighted by molar-refractivity contribution is 0.00706. The zero-order valence-electron chi connectivity index (χ0n) is 9.71. The van der Waals surface area contributed by atoms with Crippen molar-refractivity contribution in [2.75, 3.05) is 19.6 Å². The Morgan fingerprint density at radius 1 is 1.43 bits per heavy atom. The summed E-state index contributed by atoms with van der Waals surface area (Å²) in [5.74, 6) is 0.714. The molecule has 82 valence electrons. The van der Waals surface area contributed by atoms with E-state index in [1.807, 2.05) is 6.92 Å². The highest BCUT2D eigenvalue weighted by Crippen LogP contribution is 2.28. The van der Waals surface area contributed by atoms with Gasteiger partial charge in [0.05, 0.1) is 5.60 Å². The van der Waals surface area contributed by atoms with Gasteiger partial charge in [-0.15, -0.1) is 0 Å². The van der Waals surface area contributed by atoms with Crippen LogP contribution < -0.4 is 0 Å². The van der Waals surface area contributed by atoms with Gasteiger partial charge in [0.25, 0.3) is 0 Å². The second-order valence-electron chi connectivity index (χ2n) is 5.01. The summed E-state index contributed by atoms with van der Waals surface area (Å²) < 4.78 is 0. The number of likely N-dealkylation sites (tertiary alicyclic amines) is 1. The Kier molecular flexibility index (Phi) is 3.73. The maximum atomic E-state index is 10.2. The van der Waals surface area contributed by atoms with Gasteiger partial charge in [-0.25, -0.2) is 0 Å². The Bertz CT molecular complexity index is 202. The third-order valence-electron chi connectivity index (χ3n) is 3.10. The highest BCUT2D eigenvalue weighted by molar-refractivity contribution is 5.11. The van der Waals surface area contributed by atoms with Crippen LogP contribution in [0.3, 0.4) is 0 Å². The van der Waals surface area contributed by atoms with Gasteiger partial charge < -0.3 is 10.0 Å². The van der Waals surface area contributed by atoms with E-state index in [4.69, 9.17) is 0 Å². The lowest BCUT2D eigenvalue weighted by Gasteiger charge is -2.39. The Labute approximate surface area is 87.6 Å². The maximum Gasteiger partial charge on any atom is 0.0875 e. The normalized spacial score (nSPS) is 22.6. The summed E-state index contributed by atoms with van der Waals surface area (Å²) in [4.78, 5) is 2.43. The minimum absolute atomic E-state index is 0.590. The average molecular weight is 197 g/mol. The molecule has 0 amide bonds. The first kappa shape index (κ1) is 11.7. The van der Waals surface area contributed by atoms with Crippen LogP contribution >= 0.6 is 0 Å². The predicted octanol–water partition coefficient (Wildman–Crippen LogP) is 2.05. The van der Waals surface area contributed by atoms with Gasteiger partial charge in [-0.3, -0.25) is 0 Å². The molecule has 0 aromatic carbocycles. The number of hydrogen-bond donors (Lipinski definition) is 1. The largest absolute Gasteiger partial charge is 0.385 e. The molecule has 0 spiro atoms. The van der Waals surface area contributed by atoms with Crippen molar-refractivity contribution in [1.29, 1.82) is 0 Å². The van der Waals surface area contributed by atoms with Gasteiger partial charge in [0.1, 0.15) is 0 Å². The van der Waals surface area contributed by atoms with E-state index in [1.165, 1.54) is 0 Å². The quantitative estimate of drug-likeness (QED) is 0.700. The van der Waals surface area contributed by atoms with Crippen LogP contribution in [0.25, 0.3) is 0 Å². The summed E-state index contributed by atoms with van der Waals surface area (Å²) in [6.45, 7) is 13.4. The van der Waals surface area contributed by atoms with E-state index in [9.17, 15) is 5.11 Å². The number of hydrogen-bond acceptors (Lipinski definition) is 2. The molecular formula is C12H23NO. The molecule has 0 aromatic rings. The van der Waals surface area contributed by atoms with Crippen molar-refractivity contribution in [3.05, 3.63) is 12.2 Å². The number of rotatable bonds is 3. The Morgan fingerprint density at radius 2 is 1.93 bits per heavy atom. The molecular weight excluding hydrogens is 174 g/mol. The summed E-state index contributed by atoms with van der Waals surface area (Å²) >= 11 is 0. The molecule has 0 aliphatic carbocycles. The number of aliphatic hydroxyl groups is 1. The molecule has 0 bridgehead atoms. The summed E-state index contributed by atoms with van der Waals surface area (Å²) in [7, 11) is 0. The third kappa shape index (κ3) is 2.82. The lowest BCUT2D eigenvalue weighted by Crippen LogP contribution is -2.45. The molecule has 0 saturated carbocycles. The molecule has 0 unspecified atom stereocenters. The molecule has 1 saturated heterocycles. The summed E-state index contributed by atoms with van der Waals surface area (Å²) in [6.07, 6.45) is 1.68. The van der Waals surface area contributed by atoms with Crippen molar-refractivity contribution in [3.63, 3.8) is 0 Å². The smallest absolute Gasteiger partial charge is 0.0875 e. The Morgan fingerprint density at radius 3 is 2.29 bits per heavy atom. The first-order valence-corrected chi connectivity index (χ1v) is 5.55. The van der Waals surface area contributed by atoms with Crippen LogP contribution in [0.1, 0.15) is 33.6 Å². The van der Waals surface area contributed by atoms with Crippen molar-refractivity contribution in [3.8, 4) is 0 Å². The topological polar surface area (TPSA) is 23.5 Å². The molecule has 0 aromatic heterocycles. The van der Waals surface area contributed by atoms with Crippen LogP contribution in [-0.4, -0.2) is 35.2 Å². The second-order valence-corrected chi connectivity index (χ2v) is 5.01. The van der Waals surface area contributed by atoms with Crippen LogP contribution in [0.15, 0.2) is 12.2 Å². The van der Waals surface area contributed by atoms with Gasteiger partial charge in [0.2, 0.25) is 0 Å². The van der Waals surface area contributed by atoms with Crippen LogP contribution in [0, 0.1) is 5.92 Å². The van der Waals surface area contributed by atoms with Gasteiger partial charge in [-0.1, -0.05) is 20.4 Å². The Hall–Kier alpha value is -0.340. The van der Waals surface area contributed by atoms with Gasteiger partial charge in [0, 0.05) is 19.6 Å². The fraction of sp³-hybridized carbons (Fsp3) is 0.833. The first-order valence-electron chi connectivity index (χ1n) is 5.55. The molecule has 1 fully saturated rings. The zero-order chi connectivity index (χ0) is 10.8. The van der Waals surface area contributed by atoms with Crippen molar-refractivity contribution < 1.29 is 5.11 Å². The van der Waals surface area contributed by atoms with E-state index < -0.39 is 5.60 Å². The van der Waals surface area contributed by atoms with Crippen molar-refractivity contribution in [2.24, 2.45) is 5.92 Å². The molecule has 0 atom stereocenters. The van der Waals surface area contributed by atoms with Gasteiger partial charge in [0.15, 0.2) is 0 Å². The summed E-state index contributed by atoms with van der Waals surface area (Å²) in [5.41, 5.74) is 0.328. The first-order chi connectivity index (χ1) is 6.44. The minimum atomic E-state index is -0.590. The fourth-order valence-corrected chi connectivity index (χ4v) is 2.05. The van der Waals surface area contributed by atoms with Crippen LogP contribution in [-0.2, 0) is 0 Å². The SMILES string of the molecule is C=C(C)C1(O)CCN(CC(C)C)CC1. The van der Waals surface area contributed by atoms with Crippen molar-refractivity contribution >= 4 is 0 Å². The fourth-order valence-electron chi connectivity index (χ4n) is 2.05. The van der Waals surface area contributed by atoms with Crippen LogP contribution in [0.2, 0.25) is 0 Å². The van der Waals surface area contributed by atoms with Crippen LogP contribution in [0.4, 0.5) is 0 Å². The zero-order valence-corrected chi connectivity index (χ0v) is 9.71. The van der Waals surface area contributed by atoms with E-state index in [2.05, 4.69) is 25.3 Å². The molecule has 0 radical (unpaired) electrons. The third-order valence-corrected chi connectivity index (χ3v) is 3.10. The van der Waals surface area contributed by atoms with Gasteiger partial charge in [-0.2, -0.15) is 0 Å². The van der Waals surface area contributed by atoms with Crippen molar-refractivity contribution in [1.82, 2.24) is 4.90 Å². The summed E-state index contributed by atoms with van der Waals surface area (Å²) in [5, 5.41) is 10.2.